The third-order valence-electron chi connectivity index (χ3n) is 5.60. The van der Waals surface area contributed by atoms with Gasteiger partial charge in [0, 0.05) is 19.0 Å². The highest BCUT2D eigenvalue weighted by atomic mass is 32.2. The molecular weight excluding hydrogens is 426 g/mol. The van der Waals surface area contributed by atoms with Gasteiger partial charge in [-0.05, 0) is 44.5 Å². The van der Waals surface area contributed by atoms with Crippen LogP contribution in [0.2, 0.25) is 0 Å². The van der Waals surface area contributed by atoms with E-state index in [4.69, 9.17) is 19.3 Å². The number of nitrogens with zero attached hydrogens (tertiary/aromatic N) is 1. The van der Waals surface area contributed by atoms with Crippen molar-refractivity contribution in [1.29, 1.82) is 0 Å². The Morgan fingerprint density at radius 1 is 1.29 bits per heavy atom. The minimum absolute atomic E-state index is 0.0259. The van der Waals surface area contributed by atoms with E-state index in [1.165, 1.54) is 7.11 Å². The zero-order valence-corrected chi connectivity index (χ0v) is 18.5. The van der Waals surface area contributed by atoms with E-state index >= 15 is 0 Å². The Labute approximate surface area is 182 Å². The van der Waals surface area contributed by atoms with Crippen LogP contribution in [0.15, 0.2) is 12.1 Å². The lowest BCUT2D eigenvalue weighted by Gasteiger charge is -2.36. The number of ether oxygens (including phenoxy) is 3. The number of carbonyl (C=O) groups is 1. The Morgan fingerprint density at radius 3 is 2.71 bits per heavy atom. The molecule has 0 saturated carbocycles. The Balaban J connectivity index is 1.48. The molecule has 2 aliphatic rings. The number of aliphatic hydroxyl groups excluding tert-OH is 1. The first kappa shape index (κ1) is 23.6. The van der Waals surface area contributed by atoms with Crippen LogP contribution in [-0.2, 0) is 10.0 Å². The predicted octanol–water partition coefficient (Wildman–Crippen LogP) is -0.0523. The maximum atomic E-state index is 12.7. The standard InChI is InChI=1S/C20H31N3O7S/c1-28-17-5-4-15(18-19(17)30-10-9-29-18)20(25)22-12-14-6-8-23(13-16(14)24)7-2-3-11-31(21,26)27/h4-5,14,16,24H,2-3,6-13H2,1H3,(H,22,25)(H2,21,26,27). The van der Waals surface area contributed by atoms with Gasteiger partial charge in [0.1, 0.15) is 13.2 Å². The van der Waals surface area contributed by atoms with Crippen LogP contribution in [0.4, 0.5) is 0 Å². The number of nitrogens with two attached hydrogens (primary N) is 1. The molecule has 4 N–H and O–H groups in total. The van der Waals surface area contributed by atoms with E-state index in [0.717, 1.165) is 13.0 Å². The van der Waals surface area contributed by atoms with Gasteiger partial charge in [0.05, 0.1) is 24.5 Å². The number of β-amino-alcohol motifs (C(OH)–C–C–N with tert-alkyl or cyclic N) is 1. The Morgan fingerprint density at radius 2 is 2.03 bits per heavy atom. The second-order valence-corrected chi connectivity index (χ2v) is 9.61. The lowest BCUT2D eigenvalue weighted by Crippen LogP contribution is -2.47. The van der Waals surface area contributed by atoms with Crippen LogP contribution >= 0.6 is 0 Å². The topological polar surface area (TPSA) is 140 Å². The fraction of sp³-hybridized carbons (Fsp3) is 0.650. The van der Waals surface area contributed by atoms with Gasteiger partial charge in [-0.25, -0.2) is 13.6 Å². The lowest BCUT2D eigenvalue weighted by molar-refractivity contribution is 0.0217. The third-order valence-corrected chi connectivity index (χ3v) is 6.46. The number of hydrogen-bond acceptors (Lipinski definition) is 8. The van der Waals surface area contributed by atoms with Crippen LogP contribution in [0.3, 0.4) is 0 Å². The molecule has 31 heavy (non-hydrogen) atoms. The van der Waals surface area contributed by atoms with Crippen molar-refractivity contribution in [2.75, 3.05) is 52.3 Å². The van der Waals surface area contributed by atoms with E-state index < -0.39 is 16.1 Å². The molecule has 1 saturated heterocycles. The number of rotatable bonds is 9. The van der Waals surface area contributed by atoms with Gasteiger partial charge in [-0.3, -0.25) is 4.79 Å². The monoisotopic (exact) mass is 457 g/mol. The normalized spacial score (nSPS) is 21.5. The first-order chi connectivity index (χ1) is 14.8. The van der Waals surface area contributed by atoms with Crippen molar-refractivity contribution < 1.29 is 32.5 Å². The van der Waals surface area contributed by atoms with Crippen molar-refractivity contribution in [1.82, 2.24) is 10.2 Å². The molecule has 1 aromatic carbocycles. The van der Waals surface area contributed by atoms with Gasteiger partial charge >= 0.3 is 0 Å². The average Bonchev–Trinajstić information content (AvgIpc) is 2.74. The number of hydrogen-bond donors (Lipinski definition) is 3. The minimum Gasteiger partial charge on any atom is -0.493 e. The number of unbranched alkanes of at least 4 members (excludes halogenated alkanes) is 1. The Kier molecular flexibility index (Phi) is 7.98. The van der Waals surface area contributed by atoms with E-state index in [-0.39, 0.29) is 17.6 Å². The predicted molar refractivity (Wildman–Crippen MR) is 114 cm³/mol. The molecule has 0 aliphatic carbocycles. The summed E-state index contributed by atoms with van der Waals surface area (Å²) < 4.78 is 38.5. The van der Waals surface area contributed by atoms with Crippen molar-refractivity contribution in [3.8, 4) is 17.2 Å². The van der Waals surface area contributed by atoms with Crippen LogP contribution in [0, 0.1) is 5.92 Å². The van der Waals surface area contributed by atoms with Gasteiger partial charge in [0.25, 0.3) is 5.91 Å². The van der Waals surface area contributed by atoms with Gasteiger partial charge in [0.2, 0.25) is 15.8 Å². The smallest absolute Gasteiger partial charge is 0.255 e. The summed E-state index contributed by atoms with van der Waals surface area (Å²) in [7, 11) is -1.90. The fourth-order valence-corrected chi connectivity index (χ4v) is 4.50. The second kappa shape index (κ2) is 10.5. The number of fused-ring (bicyclic) bond motifs is 1. The van der Waals surface area contributed by atoms with Gasteiger partial charge in [-0.1, -0.05) is 0 Å². The maximum Gasteiger partial charge on any atom is 0.255 e. The van der Waals surface area contributed by atoms with Gasteiger partial charge in [-0.2, -0.15) is 0 Å². The molecule has 174 valence electrons. The van der Waals surface area contributed by atoms with Gasteiger partial charge in [0.15, 0.2) is 11.5 Å². The number of methoxy groups -OCH3 is 1. The summed E-state index contributed by atoms with van der Waals surface area (Å²) in [6, 6.07) is 3.31. The summed E-state index contributed by atoms with van der Waals surface area (Å²) in [6.45, 7) is 3.07. The first-order valence-corrected chi connectivity index (χ1v) is 12.2. The average molecular weight is 458 g/mol. The van der Waals surface area contributed by atoms with E-state index in [0.29, 0.717) is 68.5 Å². The zero-order chi connectivity index (χ0) is 22.4. The number of aliphatic hydroxyl groups is 1. The summed E-state index contributed by atoms with van der Waals surface area (Å²) >= 11 is 0. The number of sulfonamides is 1. The van der Waals surface area contributed by atoms with Crippen molar-refractivity contribution in [3.63, 3.8) is 0 Å². The number of likely N-dealkylation sites (tertiary alicyclic amines) is 1. The quantitative estimate of drug-likeness (QED) is 0.439. The maximum absolute atomic E-state index is 12.7. The molecule has 2 unspecified atom stereocenters. The minimum atomic E-state index is -3.43. The van der Waals surface area contributed by atoms with Crippen molar-refractivity contribution in [2.24, 2.45) is 11.1 Å². The number of piperidine rings is 1. The molecule has 0 aromatic heterocycles. The molecule has 1 amide bonds. The van der Waals surface area contributed by atoms with Crippen LogP contribution in [0.1, 0.15) is 29.6 Å². The van der Waals surface area contributed by atoms with Crippen molar-refractivity contribution in [2.45, 2.75) is 25.4 Å². The first-order valence-electron chi connectivity index (χ1n) is 10.4. The van der Waals surface area contributed by atoms with E-state index in [2.05, 4.69) is 10.2 Å². The molecule has 11 heteroatoms. The number of carbonyl (C=O) groups excluding carboxylic acids is 1. The number of benzene rings is 1. The van der Waals surface area contributed by atoms with Crippen LogP contribution in [0.25, 0.3) is 0 Å². The van der Waals surface area contributed by atoms with Crippen LogP contribution in [-0.4, -0.2) is 82.7 Å². The molecule has 10 nitrogen and oxygen atoms in total. The molecule has 0 bridgehead atoms. The lowest BCUT2D eigenvalue weighted by atomic mass is 9.93. The number of amides is 1. The molecule has 3 rings (SSSR count). The highest BCUT2D eigenvalue weighted by Gasteiger charge is 2.29. The summed E-state index contributed by atoms with van der Waals surface area (Å²) in [5.41, 5.74) is 0.372. The third kappa shape index (κ3) is 6.45. The molecule has 2 atom stereocenters. The second-order valence-electron chi connectivity index (χ2n) is 7.87. The number of nitrogens with one attached hydrogen (secondary N) is 1. The van der Waals surface area contributed by atoms with Crippen LogP contribution in [0.5, 0.6) is 17.2 Å². The Hall–Kier alpha value is -2.08. The molecule has 1 aromatic rings. The molecule has 0 radical (unpaired) electrons. The molecular formula is C20H31N3O7S. The summed E-state index contributed by atoms with van der Waals surface area (Å²) in [5, 5.41) is 18.4. The highest BCUT2D eigenvalue weighted by Crippen LogP contribution is 2.41. The van der Waals surface area contributed by atoms with E-state index in [1.807, 2.05) is 0 Å². The highest BCUT2D eigenvalue weighted by molar-refractivity contribution is 7.89. The zero-order valence-electron chi connectivity index (χ0n) is 17.7. The number of primary sulfonamides is 1. The molecule has 2 aliphatic heterocycles. The molecule has 0 spiro atoms. The van der Waals surface area contributed by atoms with Crippen molar-refractivity contribution in [3.05, 3.63) is 17.7 Å². The van der Waals surface area contributed by atoms with E-state index in [9.17, 15) is 18.3 Å². The Bertz CT molecular complexity index is 878. The van der Waals surface area contributed by atoms with Crippen molar-refractivity contribution >= 4 is 15.9 Å². The van der Waals surface area contributed by atoms with Crippen LogP contribution < -0.4 is 24.7 Å². The summed E-state index contributed by atoms with van der Waals surface area (Å²) in [4.78, 5) is 14.9. The van der Waals surface area contributed by atoms with Gasteiger partial charge < -0.3 is 29.5 Å². The van der Waals surface area contributed by atoms with Gasteiger partial charge in [-0.15, -0.1) is 0 Å². The van der Waals surface area contributed by atoms with E-state index in [1.54, 1.807) is 12.1 Å². The molecule has 2 heterocycles. The SMILES string of the molecule is COc1ccc(C(=O)NCC2CCN(CCCCS(N)(=O)=O)CC2O)c2c1OCCO2. The summed E-state index contributed by atoms with van der Waals surface area (Å²) in [5.74, 6) is 0.938. The molecule has 1 fully saturated rings. The fourth-order valence-electron chi connectivity index (χ4n) is 3.90. The summed E-state index contributed by atoms with van der Waals surface area (Å²) in [6.07, 6.45) is 1.37. The largest absolute Gasteiger partial charge is 0.493 e.